The standard InChI is InChI=1S/C13H16N4O2/c1-9-4-5-14-7-10(9)8-15-13-16-11(18-2)6-12(17-13)19-3/h4-7H,8H2,1-3H3,(H,15,16,17). The summed E-state index contributed by atoms with van der Waals surface area (Å²) in [6.45, 7) is 2.63. The molecule has 0 amide bonds. The molecule has 0 bridgehead atoms. The Labute approximate surface area is 111 Å². The molecule has 0 radical (unpaired) electrons. The topological polar surface area (TPSA) is 69.2 Å². The monoisotopic (exact) mass is 260 g/mol. The van der Waals surface area contributed by atoms with Crippen molar-refractivity contribution in [1.29, 1.82) is 0 Å². The van der Waals surface area contributed by atoms with Gasteiger partial charge in [0, 0.05) is 18.9 Å². The molecular formula is C13H16N4O2. The number of aromatic nitrogens is 3. The van der Waals surface area contributed by atoms with Gasteiger partial charge in [0.15, 0.2) is 0 Å². The number of aryl methyl sites for hydroxylation is 1. The molecule has 2 aromatic rings. The van der Waals surface area contributed by atoms with E-state index in [0.29, 0.717) is 24.3 Å². The fourth-order valence-electron chi connectivity index (χ4n) is 1.55. The fourth-order valence-corrected chi connectivity index (χ4v) is 1.55. The zero-order valence-corrected chi connectivity index (χ0v) is 11.2. The van der Waals surface area contributed by atoms with E-state index in [9.17, 15) is 0 Å². The average Bonchev–Trinajstić information content (AvgIpc) is 2.46. The number of anilines is 1. The quantitative estimate of drug-likeness (QED) is 0.884. The van der Waals surface area contributed by atoms with Crippen LogP contribution >= 0.6 is 0 Å². The number of rotatable bonds is 5. The van der Waals surface area contributed by atoms with Crippen molar-refractivity contribution in [2.45, 2.75) is 13.5 Å². The minimum absolute atomic E-state index is 0.456. The SMILES string of the molecule is COc1cc(OC)nc(NCc2cnccc2C)n1. The van der Waals surface area contributed by atoms with Crippen LogP contribution in [0.1, 0.15) is 11.1 Å². The van der Waals surface area contributed by atoms with E-state index in [0.717, 1.165) is 11.1 Å². The molecule has 100 valence electrons. The van der Waals surface area contributed by atoms with E-state index in [4.69, 9.17) is 9.47 Å². The first kappa shape index (κ1) is 13.1. The van der Waals surface area contributed by atoms with E-state index >= 15 is 0 Å². The van der Waals surface area contributed by atoms with Crippen LogP contribution in [0.5, 0.6) is 11.8 Å². The van der Waals surface area contributed by atoms with Crippen molar-refractivity contribution in [3.8, 4) is 11.8 Å². The second-order valence-electron chi connectivity index (χ2n) is 3.93. The summed E-state index contributed by atoms with van der Waals surface area (Å²) >= 11 is 0. The lowest BCUT2D eigenvalue weighted by atomic mass is 10.2. The van der Waals surface area contributed by atoms with Crippen molar-refractivity contribution in [3.05, 3.63) is 35.7 Å². The van der Waals surface area contributed by atoms with Crippen molar-refractivity contribution in [2.24, 2.45) is 0 Å². The maximum atomic E-state index is 5.09. The van der Waals surface area contributed by atoms with Gasteiger partial charge in [0.25, 0.3) is 0 Å². The predicted molar refractivity (Wildman–Crippen MR) is 71.4 cm³/mol. The van der Waals surface area contributed by atoms with Gasteiger partial charge in [-0.25, -0.2) is 0 Å². The summed E-state index contributed by atoms with van der Waals surface area (Å²) in [5.74, 6) is 1.37. The molecule has 19 heavy (non-hydrogen) atoms. The molecule has 6 heteroatoms. The van der Waals surface area contributed by atoms with Crippen LogP contribution in [0, 0.1) is 6.92 Å². The van der Waals surface area contributed by atoms with Gasteiger partial charge in [0.2, 0.25) is 17.7 Å². The predicted octanol–water partition coefficient (Wildman–Crippen LogP) is 1.81. The third-order valence-corrected chi connectivity index (χ3v) is 2.68. The Morgan fingerprint density at radius 3 is 2.42 bits per heavy atom. The molecule has 2 heterocycles. The van der Waals surface area contributed by atoms with Crippen molar-refractivity contribution in [3.63, 3.8) is 0 Å². The summed E-state index contributed by atoms with van der Waals surface area (Å²) in [7, 11) is 3.10. The number of methoxy groups -OCH3 is 2. The molecule has 0 unspecified atom stereocenters. The first-order valence-corrected chi connectivity index (χ1v) is 5.83. The molecule has 0 aliphatic rings. The molecule has 2 rings (SSSR count). The number of hydrogen-bond acceptors (Lipinski definition) is 6. The van der Waals surface area contributed by atoms with E-state index in [1.165, 1.54) is 0 Å². The third-order valence-electron chi connectivity index (χ3n) is 2.68. The number of nitrogens with zero attached hydrogens (tertiary/aromatic N) is 3. The molecule has 0 atom stereocenters. The van der Waals surface area contributed by atoms with Crippen molar-refractivity contribution >= 4 is 5.95 Å². The second kappa shape index (κ2) is 5.99. The highest BCUT2D eigenvalue weighted by atomic mass is 16.5. The largest absolute Gasteiger partial charge is 0.481 e. The third kappa shape index (κ3) is 3.31. The van der Waals surface area contributed by atoms with Crippen LogP contribution in [-0.4, -0.2) is 29.2 Å². The molecule has 0 aliphatic carbocycles. The molecular weight excluding hydrogens is 244 g/mol. The number of ether oxygens (including phenoxy) is 2. The Bertz CT molecular complexity index is 538. The van der Waals surface area contributed by atoms with Gasteiger partial charge < -0.3 is 14.8 Å². The highest BCUT2D eigenvalue weighted by Gasteiger charge is 2.05. The molecule has 0 spiro atoms. The first-order valence-electron chi connectivity index (χ1n) is 5.83. The van der Waals surface area contributed by atoms with Crippen molar-refractivity contribution in [2.75, 3.05) is 19.5 Å². The zero-order chi connectivity index (χ0) is 13.7. The minimum Gasteiger partial charge on any atom is -0.481 e. The van der Waals surface area contributed by atoms with Crippen LogP contribution in [0.2, 0.25) is 0 Å². The van der Waals surface area contributed by atoms with Gasteiger partial charge >= 0.3 is 0 Å². The van der Waals surface area contributed by atoms with Crippen LogP contribution in [0.4, 0.5) is 5.95 Å². The molecule has 0 saturated heterocycles. The summed E-state index contributed by atoms with van der Waals surface area (Å²) in [5, 5.41) is 3.13. The average molecular weight is 260 g/mol. The summed E-state index contributed by atoms with van der Waals surface area (Å²) in [4.78, 5) is 12.5. The highest BCUT2D eigenvalue weighted by Crippen LogP contribution is 2.18. The summed E-state index contributed by atoms with van der Waals surface area (Å²) in [5.41, 5.74) is 2.25. The van der Waals surface area contributed by atoms with Gasteiger partial charge in [-0.15, -0.1) is 0 Å². The Morgan fingerprint density at radius 2 is 1.84 bits per heavy atom. The Morgan fingerprint density at radius 1 is 1.16 bits per heavy atom. The molecule has 0 fully saturated rings. The smallest absolute Gasteiger partial charge is 0.229 e. The van der Waals surface area contributed by atoms with E-state index in [1.54, 1.807) is 26.5 Å². The summed E-state index contributed by atoms with van der Waals surface area (Å²) < 4.78 is 10.2. The number of pyridine rings is 1. The molecule has 6 nitrogen and oxygen atoms in total. The van der Waals surface area contributed by atoms with Crippen LogP contribution in [0.25, 0.3) is 0 Å². The fraction of sp³-hybridized carbons (Fsp3) is 0.308. The lowest BCUT2D eigenvalue weighted by molar-refractivity contribution is 0.373. The van der Waals surface area contributed by atoms with Gasteiger partial charge in [-0.1, -0.05) is 0 Å². The molecule has 0 saturated carbocycles. The normalized spacial score (nSPS) is 10.1. The number of nitrogens with one attached hydrogen (secondary N) is 1. The molecule has 1 N–H and O–H groups in total. The maximum Gasteiger partial charge on any atom is 0.229 e. The Balaban J connectivity index is 2.13. The zero-order valence-electron chi connectivity index (χ0n) is 11.2. The lowest BCUT2D eigenvalue weighted by Gasteiger charge is -2.09. The minimum atomic E-state index is 0.456. The Kier molecular flexibility index (Phi) is 4.12. The van der Waals surface area contributed by atoms with Gasteiger partial charge in [0.05, 0.1) is 20.3 Å². The van der Waals surface area contributed by atoms with E-state index in [1.807, 2.05) is 19.2 Å². The summed E-state index contributed by atoms with van der Waals surface area (Å²) in [6, 6.07) is 3.59. The van der Waals surface area contributed by atoms with E-state index < -0.39 is 0 Å². The van der Waals surface area contributed by atoms with Gasteiger partial charge in [-0.3, -0.25) is 4.98 Å². The molecule has 0 aliphatic heterocycles. The van der Waals surface area contributed by atoms with E-state index in [-0.39, 0.29) is 0 Å². The van der Waals surface area contributed by atoms with Gasteiger partial charge in [-0.2, -0.15) is 9.97 Å². The highest BCUT2D eigenvalue weighted by molar-refractivity contribution is 5.35. The second-order valence-corrected chi connectivity index (χ2v) is 3.93. The molecule has 0 aromatic carbocycles. The maximum absolute atomic E-state index is 5.09. The Hall–Kier alpha value is -2.37. The molecule has 2 aromatic heterocycles. The van der Waals surface area contributed by atoms with Crippen molar-refractivity contribution in [1.82, 2.24) is 15.0 Å². The van der Waals surface area contributed by atoms with E-state index in [2.05, 4.69) is 20.3 Å². The summed E-state index contributed by atoms with van der Waals surface area (Å²) in [6.07, 6.45) is 3.59. The van der Waals surface area contributed by atoms with Crippen LogP contribution in [0.3, 0.4) is 0 Å². The van der Waals surface area contributed by atoms with Crippen LogP contribution in [0.15, 0.2) is 24.5 Å². The number of hydrogen-bond donors (Lipinski definition) is 1. The van der Waals surface area contributed by atoms with Gasteiger partial charge in [-0.05, 0) is 24.1 Å². The first-order chi connectivity index (χ1) is 9.22. The van der Waals surface area contributed by atoms with Crippen molar-refractivity contribution < 1.29 is 9.47 Å². The lowest BCUT2D eigenvalue weighted by Crippen LogP contribution is -2.06. The van der Waals surface area contributed by atoms with Gasteiger partial charge in [0.1, 0.15) is 0 Å². The van der Waals surface area contributed by atoms with Crippen LogP contribution < -0.4 is 14.8 Å². The van der Waals surface area contributed by atoms with Crippen LogP contribution in [-0.2, 0) is 6.54 Å².